The minimum Gasteiger partial charge on any atom is -0.508 e. The van der Waals surface area contributed by atoms with Crippen LogP contribution in [0.4, 0.5) is 10.1 Å². The Hall–Kier alpha value is -5.11. The minimum atomic E-state index is -1.47. The van der Waals surface area contributed by atoms with Crippen LogP contribution in [0.25, 0.3) is 0 Å². The molecule has 58 heavy (non-hydrogen) atoms. The van der Waals surface area contributed by atoms with Gasteiger partial charge in [0, 0.05) is 55.7 Å². The number of nitro benzene ring substituents is 1. The molecule has 308 valence electrons. The van der Waals surface area contributed by atoms with Gasteiger partial charge in [0.2, 0.25) is 11.7 Å². The lowest BCUT2D eigenvalue weighted by Crippen LogP contribution is -2.70. The Morgan fingerprint density at radius 1 is 1.02 bits per heavy atom. The summed E-state index contributed by atoms with van der Waals surface area (Å²) in [5.41, 5.74) is 3.62. The number of allylic oxidation sites excluding steroid dienone is 1. The fourth-order valence-corrected chi connectivity index (χ4v) is 9.25. The molecule has 2 saturated carbocycles. The normalized spacial score (nSPS) is 25.2. The number of benzene rings is 3. The molecule has 0 saturated heterocycles. The van der Waals surface area contributed by atoms with E-state index in [-0.39, 0.29) is 86.2 Å². The number of aliphatic hydroxyl groups excluding tert-OH is 2. The van der Waals surface area contributed by atoms with E-state index in [1.54, 1.807) is 48.5 Å². The maximum Gasteiger partial charge on any atom is 0.269 e. The molecule has 3 aliphatic carbocycles. The average molecular weight is 798 g/mol. The molecule has 6 atom stereocenters. The van der Waals surface area contributed by atoms with E-state index in [4.69, 9.17) is 19.5 Å². The Morgan fingerprint density at radius 3 is 2.40 bits per heavy atom. The predicted octanol–water partition coefficient (Wildman–Crippen LogP) is 7.71. The molecule has 3 N–H and O–H groups in total. The zero-order chi connectivity index (χ0) is 40.8. The molecule has 12 nitrogen and oxygen atoms in total. The number of non-ortho nitro benzene ring substituents is 1. The highest BCUT2D eigenvalue weighted by atomic mass is 19.1. The molecule has 1 aliphatic heterocycles. The van der Waals surface area contributed by atoms with E-state index < -0.39 is 22.7 Å². The first kappa shape index (κ1) is 41.1. The van der Waals surface area contributed by atoms with Crippen LogP contribution < -0.4 is 4.74 Å². The van der Waals surface area contributed by atoms with E-state index in [9.17, 15) is 34.6 Å². The summed E-state index contributed by atoms with van der Waals surface area (Å²) < 4.78 is 28.3. The summed E-state index contributed by atoms with van der Waals surface area (Å²) in [6.45, 7) is 4.38. The van der Waals surface area contributed by atoms with Crippen molar-refractivity contribution in [2.45, 2.75) is 88.7 Å². The van der Waals surface area contributed by atoms with Crippen LogP contribution in [0, 0.1) is 39.6 Å². The average Bonchev–Trinajstić information content (AvgIpc) is 4.08. The number of phenolic OH excluding ortho intramolecular Hbond substituents is 1. The summed E-state index contributed by atoms with van der Waals surface area (Å²) in [5.74, 6) is -2.36. The molecule has 0 unspecified atom stereocenters. The van der Waals surface area contributed by atoms with Gasteiger partial charge in [-0.05, 0) is 110 Å². The number of unbranched alkanes of at least 4 members (excludes halogenated alkanes) is 2. The number of amides is 1. The first-order chi connectivity index (χ1) is 28.2. The number of halogens is 1. The number of aliphatic hydroxyl groups is 2. The van der Waals surface area contributed by atoms with Crippen LogP contribution in [0.1, 0.15) is 80.4 Å². The van der Waals surface area contributed by atoms with E-state index >= 15 is 0 Å². The number of carbonyl (C=O) groups is 1. The SMILES string of the molecule is C=CCO[C@@]12Oc3ccc(O)cc3[C@H]3[C@H](CCCCO)[C@@H](CCCCO)C=C(C(=NOCc4ccc([N+](=O)[O-])cc4)C[C@@H]1N(Cc1ccc(F)cc1)C(=O)C1CC1)[C@H]32. The quantitative estimate of drug-likeness (QED) is 0.0477. The zero-order valence-electron chi connectivity index (χ0n) is 32.6. The van der Waals surface area contributed by atoms with Gasteiger partial charge in [0.05, 0.1) is 23.2 Å². The summed E-state index contributed by atoms with van der Waals surface area (Å²) >= 11 is 0. The van der Waals surface area contributed by atoms with Gasteiger partial charge in [0.15, 0.2) is 0 Å². The second-order valence-corrected chi connectivity index (χ2v) is 15.9. The summed E-state index contributed by atoms with van der Waals surface area (Å²) in [4.78, 5) is 33.4. The van der Waals surface area contributed by atoms with Gasteiger partial charge in [-0.15, -0.1) is 6.58 Å². The maximum absolute atomic E-state index is 14.6. The van der Waals surface area contributed by atoms with Crippen molar-refractivity contribution in [3.63, 3.8) is 0 Å². The van der Waals surface area contributed by atoms with Gasteiger partial charge in [-0.25, -0.2) is 4.39 Å². The number of carbonyl (C=O) groups excluding carboxylic acids is 1. The Morgan fingerprint density at radius 2 is 1.72 bits per heavy atom. The zero-order valence-corrected chi connectivity index (χ0v) is 32.6. The highest BCUT2D eigenvalue weighted by Crippen LogP contribution is 2.62. The van der Waals surface area contributed by atoms with Crippen LogP contribution >= 0.6 is 0 Å². The highest BCUT2D eigenvalue weighted by molar-refractivity contribution is 6.03. The van der Waals surface area contributed by atoms with Crippen molar-refractivity contribution in [3.8, 4) is 11.5 Å². The molecule has 13 heteroatoms. The number of phenols is 1. The van der Waals surface area contributed by atoms with Gasteiger partial charge >= 0.3 is 0 Å². The molecule has 0 spiro atoms. The maximum atomic E-state index is 14.6. The molecular formula is C45H52FN3O9. The number of aromatic hydroxyl groups is 1. The number of rotatable bonds is 19. The van der Waals surface area contributed by atoms with Gasteiger partial charge in [-0.1, -0.05) is 42.3 Å². The van der Waals surface area contributed by atoms with Gasteiger partial charge < -0.3 is 34.5 Å². The lowest BCUT2D eigenvalue weighted by atomic mass is 9.55. The summed E-state index contributed by atoms with van der Waals surface area (Å²) in [7, 11) is 0. The number of nitrogens with zero attached hydrogens (tertiary/aromatic N) is 3. The molecule has 4 aliphatic rings. The van der Waals surface area contributed by atoms with Crippen molar-refractivity contribution in [3.05, 3.63) is 124 Å². The number of nitro groups is 1. The minimum absolute atomic E-state index is 0.00623. The van der Waals surface area contributed by atoms with Gasteiger partial charge in [-0.3, -0.25) is 14.9 Å². The lowest BCUT2D eigenvalue weighted by Gasteiger charge is -2.60. The largest absolute Gasteiger partial charge is 0.508 e. The third kappa shape index (κ3) is 8.67. The van der Waals surface area contributed by atoms with Crippen molar-refractivity contribution < 1.29 is 43.7 Å². The molecule has 0 radical (unpaired) electrons. The third-order valence-corrected chi connectivity index (χ3v) is 12.1. The Balaban J connectivity index is 1.41. The standard InChI is InChI=1S/C45H52FN3O9/c1-2-23-56-45-41(48(44(53)31-13-14-31)27-29-9-15-33(46)16-10-29)26-39(47-57-28-30-11-17-34(18-12-30)49(54)55)37-24-32(7-3-5-21-50)36(8-4-6-22-51)42(43(37)45)38-25-35(52)19-20-40(38)58-45/h2,9-12,15-20,24-25,31-32,36,41-43,50-52H,1,3-8,13-14,21-23,26-28H2/t32-,36+,41-,42+,43+,45+/m0/s1. The highest BCUT2D eigenvalue weighted by Gasteiger charge is 2.66. The Kier molecular flexibility index (Phi) is 12.9. The third-order valence-electron chi connectivity index (χ3n) is 12.1. The number of hydrogen-bond acceptors (Lipinski definition) is 10. The fourth-order valence-electron chi connectivity index (χ4n) is 9.25. The van der Waals surface area contributed by atoms with E-state index in [1.165, 1.54) is 24.3 Å². The first-order valence-corrected chi connectivity index (χ1v) is 20.3. The van der Waals surface area contributed by atoms with E-state index in [2.05, 4.69) is 12.7 Å². The van der Waals surface area contributed by atoms with Crippen molar-refractivity contribution in [2.75, 3.05) is 19.8 Å². The van der Waals surface area contributed by atoms with Crippen LogP contribution in [0.2, 0.25) is 0 Å². The molecule has 1 amide bonds. The topological polar surface area (TPSA) is 164 Å². The van der Waals surface area contributed by atoms with Crippen LogP contribution in [0.5, 0.6) is 11.5 Å². The predicted molar refractivity (Wildman–Crippen MR) is 214 cm³/mol. The molecule has 3 aromatic rings. The summed E-state index contributed by atoms with van der Waals surface area (Å²) in [6, 6.07) is 16.5. The van der Waals surface area contributed by atoms with Crippen LogP contribution in [0.3, 0.4) is 0 Å². The fraction of sp³-hybridized carbons (Fsp3) is 0.467. The van der Waals surface area contributed by atoms with Crippen LogP contribution in [-0.2, 0) is 27.5 Å². The molecule has 1 heterocycles. The molecule has 3 aromatic carbocycles. The van der Waals surface area contributed by atoms with Gasteiger partial charge in [-0.2, -0.15) is 0 Å². The Labute approximate surface area is 337 Å². The first-order valence-electron chi connectivity index (χ1n) is 20.3. The van der Waals surface area contributed by atoms with Crippen molar-refractivity contribution in [1.29, 1.82) is 0 Å². The smallest absolute Gasteiger partial charge is 0.269 e. The van der Waals surface area contributed by atoms with E-state index in [0.29, 0.717) is 29.9 Å². The molecule has 0 bridgehead atoms. The molecule has 0 aromatic heterocycles. The van der Waals surface area contributed by atoms with Crippen LogP contribution in [0.15, 0.2) is 96.2 Å². The summed E-state index contributed by atoms with van der Waals surface area (Å²) in [5, 5.41) is 46.7. The molecular weight excluding hydrogens is 746 g/mol. The lowest BCUT2D eigenvalue weighted by molar-refractivity contribution is -0.384. The van der Waals surface area contributed by atoms with Crippen molar-refractivity contribution >= 4 is 17.3 Å². The van der Waals surface area contributed by atoms with Crippen LogP contribution in [-0.4, -0.2) is 68.4 Å². The Bertz CT molecular complexity index is 2000. The number of oxime groups is 1. The number of ether oxygens (including phenoxy) is 2. The molecule has 7 rings (SSSR count). The monoisotopic (exact) mass is 797 g/mol. The van der Waals surface area contributed by atoms with Gasteiger partial charge in [0.25, 0.3) is 5.69 Å². The van der Waals surface area contributed by atoms with Crippen molar-refractivity contribution in [1.82, 2.24) is 4.90 Å². The van der Waals surface area contributed by atoms with Crippen molar-refractivity contribution in [2.24, 2.45) is 28.8 Å². The summed E-state index contributed by atoms with van der Waals surface area (Å²) in [6.07, 6.45) is 9.84. The van der Waals surface area contributed by atoms with E-state index in [1.807, 2.05) is 4.90 Å². The second-order valence-electron chi connectivity index (χ2n) is 15.9. The number of fused-ring (bicyclic) bond motifs is 2. The van der Waals surface area contributed by atoms with Gasteiger partial charge in [0.1, 0.15) is 30.0 Å². The second kappa shape index (κ2) is 18.2. The molecule has 2 fully saturated rings. The number of hydrogen-bond donors (Lipinski definition) is 3. The van der Waals surface area contributed by atoms with E-state index in [0.717, 1.165) is 55.2 Å².